The number of hydrogen-bond donors (Lipinski definition) is 15. The van der Waals surface area contributed by atoms with Crippen molar-refractivity contribution in [3.05, 3.63) is 18.2 Å². The maximum absolute atomic E-state index is 13.8. The van der Waals surface area contributed by atoms with Crippen LogP contribution in [-0.4, -0.2) is 158 Å². The molecule has 7 amide bonds. The van der Waals surface area contributed by atoms with Gasteiger partial charge in [-0.25, -0.2) is 4.98 Å². The molecule has 0 radical (unpaired) electrons. The predicted octanol–water partition coefficient (Wildman–Crippen LogP) is -0.518. The van der Waals surface area contributed by atoms with E-state index in [1.807, 2.05) is 6.92 Å². The molecule has 0 aliphatic rings. The third-order valence-electron chi connectivity index (χ3n) is 12.1. The van der Waals surface area contributed by atoms with Gasteiger partial charge in [-0.05, 0) is 32.6 Å². The molecule has 412 valence electrons. The third-order valence-corrected chi connectivity index (χ3v) is 12.1. The van der Waals surface area contributed by atoms with Crippen molar-refractivity contribution in [3.8, 4) is 0 Å². The number of nitrogens with zero attached hydrogens (tertiary/aromatic N) is 1. The molecule has 0 fully saturated rings. The molecule has 24 nitrogen and oxygen atoms in total. The van der Waals surface area contributed by atoms with Gasteiger partial charge in [-0.1, -0.05) is 104 Å². The first-order valence-electron chi connectivity index (χ1n) is 25.7. The molecule has 1 aromatic heterocycles. The Morgan fingerprint density at radius 1 is 0.625 bits per heavy atom. The fraction of sp³-hybridized carbons (Fsp3) is 0.771. The fourth-order valence-corrected chi connectivity index (χ4v) is 7.77. The molecule has 0 spiro atoms. The molecular weight excluding hydrogens is 939 g/mol. The molecule has 9 atom stereocenters. The number of H-pyrrole nitrogens is 1. The summed E-state index contributed by atoms with van der Waals surface area (Å²) >= 11 is 0. The summed E-state index contributed by atoms with van der Waals surface area (Å²) in [6.07, 6.45) is 12.5. The van der Waals surface area contributed by atoms with Crippen molar-refractivity contribution < 1.29 is 63.9 Å². The van der Waals surface area contributed by atoms with Gasteiger partial charge in [0.25, 0.3) is 0 Å². The molecule has 0 saturated carbocycles. The topological polar surface area (TPSA) is 389 Å². The van der Waals surface area contributed by atoms with Gasteiger partial charge in [-0.2, -0.15) is 0 Å². The smallest absolute Gasteiger partial charge is 0.303 e. The number of likely N-dealkylation sites (N-methyl/N-ethyl adjacent to an activating group) is 1. The molecular formula is C48H87N11O13. The van der Waals surface area contributed by atoms with E-state index < -0.39 is 129 Å². The second kappa shape index (κ2) is 38.4. The molecule has 16 N–H and O–H groups in total. The summed E-state index contributed by atoms with van der Waals surface area (Å²) in [6, 6.07) is -8.38. The number of carboxylic acid groups (broad SMARTS) is 1. The number of carbonyl (C=O) groups is 8. The van der Waals surface area contributed by atoms with E-state index in [-0.39, 0.29) is 25.2 Å². The van der Waals surface area contributed by atoms with Gasteiger partial charge in [0.2, 0.25) is 41.4 Å². The lowest BCUT2D eigenvalue weighted by Crippen LogP contribution is -2.64. The van der Waals surface area contributed by atoms with Crippen molar-refractivity contribution in [2.75, 3.05) is 20.2 Å². The number of hydrogen-bond acceptors (Lipinski definition) is 15. The van der Waals surface area contributed by atoms with Crippen LogP contribution in [0.2, 0.25) is 0 Å². The van der Waals surface area contributed by atoms with Crippen LogP contribution in [-0.2, 0) is 44.8 Å². The molecule has 72 heavy (non-hydrogen) atoms. The summed E-state index contributed by atoms with van der Waals surface area (Å²) in [7, 11) is 1.41. The number of aliphatic hydroxyl groups excluding tert-OH is 4. The summed E-state index contributed by atoms with van der Waals surface area (Å²) in [6.45, 7) is 3.93. The monoisotopic (exact) mass is 1030 g/mol. The van der Waals surface area contributed by atoms with Gasteiger partial charge in [0.15, 0.2) is 0 Å². The SMILES string of the molecule is CCCCCCCCCCCCCCCC(=O)NCC(=O)N[C@@H](CCC(=O)O)C(=O)N[C@H](C(=O)N[C@@H](CCC(N)=O)[C@H](O)N[C@@H](Cc1c[nH]cn1)[C@H](O)N[C@@H](CO)C(=O)N[C@@H](CCCC)C(=O)NC)[C@H](C)O. The zero-order chi connectivity index (χ0) is 53.8. The van der Waals surface area contributed by atoms with E-state index in [0.29, 0.717) is 25.0 Å². The Hall–Kier alpha value is -5.27. The highest BCUT2D eigenvalue weighted by Crippen LogP contribution is 2.14. The van der Waals surface area contributed by atoms with Crippen LogP contribution in [0.25, 0.3) is 0 Å². The Morgan fingerprint density at radius 2 is 1.19 bits per heavy atom. The van der Waals surface area contributed by atoms with E-state index in [1.165, 1.54) is 70.9 Å². The van der Waals surface area contributed by atoms with E-state index >= 15 is 0 Å². The summed E-state index contributed by atoms with van der Waals surface area (Å²) in [5.41, 5.74) is 5.76. The number of primary amides is 1. The number of nitrogens with two attached hydrogens (primary N) is 1. The minimum atomic E-state index is -1.82. The average Bonchev–Trinajstić information content (AvgIpc) is 3.86. The van der Waals surface area contributed by atoms with E-state index in [4.69, 9.17) is 5.73 Å². The summed E-state index contributed by atoms with van der Waals surface area (Å²) in [4.78, 5) is 109. The van der Waals surface area contributed by atoms with Crippen LogP contribution in [0, 0.1) is 0 Å². The van der Waals surface area contributed by atoms with Gasteiger partial charge < -0.3 is 68.2 Å². The highest BCUT2D eigenvalue weighted by molar-refractivity contribution is 5.94. The Bertz CT molecular complexity index is 1740. The van der Waals surface area contributed by atoms with Gasteiger partial charge in [0.1, 0.15) is 36.6 Å². The molecule has 0 bridgehead atoms. The molecule has 0 aromatic carbocycles. The Morgan fingerprint density at radius 3 is 1.72 bits per heavy atom. The first-order chi connectivity index (χ1) is 34.4. The standard InChI is InChI=1S/C48H87N11O13/c1-5-7-9-10-11-12-13-14-15-16-17-18-19-21-39(63)52-28-40(64)54-34(23-25-41(65)66)45(69)59-42(31(3)61)48(72)56-35(22-24-38(49)62)44(68)57-36(26-32-27-51-30-53-32)46(70)58-37(29-60)47(71)55-33(20-8-6-2)43(67)50-4/h27,30-31,33-37,42,44,46,57-58,60-61,68,70H,5-26,28-29H2,1-4H3,(H2,49,62)(H,50,67)(H,51,53)(H,52,63)(H,54,64)(H,55,71)(H,56,72)(H,59,69)(H,65,66)/t31-,33-,34-,35-,36-,37-,42-,44-,46-/m0/s1. The molecule has 0 saturated heterocycles. The molecule has 0 unspecified atom stereocenters. The minimum Gasteiger partial charge on any atom is -0.481 e. The number of unbranched alkanes of at least 4 members (excludes halogenated alkanes) is 13. The number of carbonyl (C=O) groups excluding carboxylic acids is 7. The van der Waals surface area contributed by atoms with E-state index in [2.05, 4.69) is 59.4 Å². The number of imidazole rings is 1. The van der Waals surface area contributed by atoms with Crippen LogP contribution >= 0.6 is 0 Å². The van der Waals surface area contributed by atoms with Crippen molar-refractivity contribution in [2.24, 2.45) is 5.73 Å². The second-order valence-electron chi connectivity index (χ2n) is 18.3. The highest BCUT2D eigenvalue weighted by Gasteiger charge is 2.35. The number of aromatic nitrogens is 2. The van der Waals surface area contributed by atoms with Crippen LogP contribution in [0.15, 0.2) is 12.5 Å². The summed E-state index contributed by atoms with van der Waals surface area (Å²) < 4.78 is 0. The number of carboxylic acids is 1. The number of aliphatic hydroxyl groups is 4. The number of aromatic amines is 1. The third kappa shape index (κ3) is 28.7. The first-order valence-corrected chi connectivity index (χ1v) is 25.7. The van der Waals surface area contributed by atoms with E-state index in [1.54, 1.807) is 0 Å². The quantitative estimate of drug-likeness (QED) is 0.0289. The predicted molar refractivity (Wildman–Crippen MR) is 267 cm³/mol. The number of aliphatic carboxylic acids is 1. The molecule has 1 aromatic rings. The lowest BCUT2D eigenvalue weighted by Gasteiger charge is -2.33. The van der Waals surface area contributed by atoms with Crippen molar-refractivity contribution >= 4 is 47.3 Å². The maximum atomic E-state index is 13.8. The zero-order valence-electron chi connectivity index (χ0n) is 42.8. The van der Waals surface area contributed by atoms with Crippen LogP contribution in [0.4, 0.5) is 0 Å². The van der Waals surface area contributed by atoms with Crippen molar-refractivity contribution in [2.45, 2.75) is 217 Å². The molecule has 1 heterocycles. The minimum absolute atomic E-state index is 0.138. The Kier molecular flexibility index (Phi) is 34.5. The van der Waals surface area contributed by atoms with Gasteiger partial charge in [0, 0.05) is 38.9 Å². The van der Waals surface area contributed by atoms with Gasteiger partial charge in [-0.3, -0.25) is 49.0 Å². The normalized spacial score (nSPS) is 15.1. The van der Waals surface area contributed by atoms with Crippen molar-refractivity contribution in [1.82, 2.24) is 52.5 Å². The lowest BCUT2D eigenvalue weighted by atomic mass is 10.0. The maximum Gasteiger partial charge on any atom is 0.303 e. The Labute approximate surface area is 423 Å². The highest BCUT2D eigenvalue weighted by atomic mass is 16.4. The van der Waals surface area contributed by atoms with E-state index in [9.17, 15) is 63.9 Å². The lowest BCUT2D eigenvalue weighted by molar-refractivity contribution is -0.138. The van der Waals surface area contributed by atoms with Crippen LogP contribution in [0.3, 0.4) is 0 Å². The van der Waals surface area contributed by atoms with Crippen LogP contribution in [0.1, 0.15) is 161 Å². The zero-order valence-corrected chi connectivity index (χ0v) is 42.8. The molecule has 24 heteroatoms. The Balaban J connectivity index is 3.03. The largest absolute Gasteiger partial charge is 0.481 e. The van der Waals surface area contributed by atoms with E-state index in [0.717, 1.165) is 39.0 Å². The average molecular weight is 1030 g/mol. The molecule has 1 rings (SSSR count). The summed E-state index contributed by atoms with van der Waals surface area (Å²) in [5.74, 6) is -6.74. The van der Waals surface area contributed by atoms with Crippen LogP contribution in [0.5, 0.6) is 0 Å². The summed E-state index contributed by atoms with van der Waals surface area (Å²) in [5, 5.41) is 73.2. The molecule has 0 aliphatic carbocycles. The first kappa shape index (κ1) is 64.7. The van der Waals surface area contributed by atoms with Gasteiger partial charge in [0.05, 0.1) is 43.4 Å². The van der Waals surface area contributed by atoms with Crippen molar-refractivity contribution in [3.63, 3.8) is 0 Å². The number of amides is 7. The number of rotatable bonds is 43. The fourth-order valence-electron chi connectivity index (χ4n) is 7.77. The van der Waals surface area contributed by atoms with Gasteiger partial charge >= 0.3 is 5.97 Å². The van der Waals surface area contributed by atoms with Crippen molar-refractivity contribution in [1.29, 1.82) is 0 Å². The second-order valence-corrected chi connectivity index (χ2v) is 18.3. The number of nitrogens with one attached hydrogen (secondary N) is 9. The molecule has 0 aliphatic heterocycles. The van der Waals surface area contributed by atoms with Crippen LogP contribution < -0.4 is 48.3 Å². The van der Waals surface area contributed by atoms with Gasteiger partial charge in [-0.15, -0.1) is 0 Å².